The lowest BCUT2D eigenvalue weighted by Crippen LogP contribution is -2.32. The van der Waals surface area contributed by atoms with Crippen LogP contribution in [0.1, 0.15) is 12.5 Å². The average molecular weight is 393 g/mol. The van der Waals surface area contributed by atoms with E-state index >= 15 is 0 Å². The fraction of sp³-hybridized carbons (Fsp3) is 0.278. The molecule has 0 atom stereocenters. The van der Waals surface area contributed by atoms with Gasteiger partial charge in [0.05, 0.1) is 13.2 Å². The lowest BCUT2D eigenvalue weighted by atomic mass is 10.2. The molecule has 0 aromatic heterocycles. The first-order valence-corrected chi connectivity index (χ1v) is 8.54. The SMILES string of the molecule is CCOc1cccc(OCCNC(=O)Nc2ccc(Br)cc2C)c1. The fourth-order valence-electron chi connectivity index (χ4n) is 2.09. The molecule has 6 heteroatoms. The Bertz CT molecular complexity index is 692. The lowest BCUT2D eigenvalue weighted by molar-refractivity contribution is 0.247. The minimum atomic E-state index is -0.257. The van der Waals surface area contributed by atoms with Gasteiger partial charge in [0.2, 0.25) is 0 Å². The van der Waals surface area contributed by atoms with Crippen LogP contribution in [-0.2, 0) is 0 Å². The second-order valence-electron chi connectivity index (χ2n) is 5.10. The van der Waals surface area contributed by atoms with Gasteiger partial charge < -0.3 is 20.1 Å². The quantitative estimate of drug-likeness (QED) is 0.688. The number of carbonyl (C=O) groups is 1. The third-order valence-corrected chi connectivity index (χ3v) is 3.70. The van der Waals surface area contributed by atoms with Crippen molar-refractivity contribution in [3.8, 4) is 11.5 Å². The Labute approximate surface area is 150 Å². The number of aryl methyl sites for hydroxylation is 1. The van der Waals surface area contributed by atoms with Crippen LogP contribution in [0.5, 0.6) is 11.5 Å². The van der Waals surface area contributed by atoms with Gasteiger partial charge in [0.1, 0.15) is 18.1 Å². The van der Waals surface area contributed by atoms with Gasteiger partial charge in [0.15, 0.2) is 0 Å². The van der Waals surface area contributed by atoms with Gasteiger partial charge >= 0.3 is 6.03 Å². The van der Waals surface area contributed by atoms with E-state index < -0.39 is 0 Å². The number of benzene rings is 2. The molecule has 2 rings (SSSR count). The van der Waals surface area contributed by atoms with E-state index in [1.165, 1.54) is 0 Å². The number of ether oxygens (including phenoxy) is 2. The Balaban J connectivity index is 1.73. The maximum atomic E-state index is 11.9. The molecule has 5 nitrogen and oxygen atoms in total. The Kier molecular flexibility index (Phi) is 6.93. The second-order valence-corrected chi connectivity index (χ2v) is 6.01. The van der Waals surface area contributed by atoms with E-state index in [0.717, 1.165) is 21.5 Å². The number of amides is 2. The molecule has 0 heterocycles. The summed E-state index contributed by atoms with van der Waals surface area (Å²) in [6.45, 7) is 5.27. The van der Waals surface area contributed by atoms with Crippen LogP contribution in [0.25, 0.3) is 0 Å². The maximum absolute atomic E-state index is 11.9. The number of hydrogen-bond donors (Lipinski definition) is 2. The number of urea groups is 1. The van der Waals surface area contributed by atoms with Crippen LogP contribution in [0.15, 0.2) is 46.9 Å². The van der Waals surface area contributed by atoms with Crippen molar-refractivity contribution in [1.82, 2.24) is 5.32 Å². The van der Waals surface area contributed by atoms with E-state index in [1.54, 1.807) is 0 Å². The summed E-state index contributed by atoms with van der Waals surface area (Å²) in [5.74, 6) is 1.48. The average Bonchev–Trinajstić information content (AvgIpc) is 2.55. The largest absolute Gasteiger partial charge is 0.494 e. The molecule has 0 unspecified atom stereocenters. The smallest absolute Gasteiger partial charge is 0.319 e. The van der Waals surface area contributed by atoms with Gasteiger partial charge in [0.25, 0.3) is 0 Å². The van der Waals surface area contributed by atoms with Crippen molar-refractivity contribution in [2.75, 3.05) is 25.1 Å². The maximum Gasteiger partial charge on any atom is 0.319 e. The molecule has 0 aliphatic heterocycles. The molecular formula is C18H21BrN2O3. The van der Waals surface area contributed by atoms with E-state index in [1.807, 2.05) is 56.3 Å². The van der Waals surface area contributed by atoms with Crippen LogP contribution in [-0.4, -0.2) is 25.8 Å². The molecule has 0 spiro atoms. The van der Waals surface area contributed by atoms with Gasteiger partial charge in [0, 0.05) is 16.2 Å². The first kappa shape index (κ1) is 18.1. The van der Waals surface area contributed by atoms with Crippen LogP contribution in [0.3, 0.4) is 0 Å². The van der Waals surface area contributed by atoms with Crippen molar-refractivity contribution < 1.29 is 14.3 Å². The Morgan fingerprint density at radius 1 is 1.12 bits per heavy atom. The Morgan fingerprint density at radius 3 is 2.58 bits per heavy atom. The Morgan fingerprint density at radius 2 is 1.88 bits per heavy atom. The van der Waals surface area contributed by atoms with Gasteiger partial charge in [-0.25, -0.2) is 4.79 Å². The number of hydrogen-bond acceptors (Lipinski definition) is 3. The first-order chi connectivity index (χ1) is 11.6. The predicted octanol–water partition coefficient (Wildman–Crippen LogP) is 4.36. The summed E-state index contributed by atoms with van der Waals surface area (Å²) in [4.78, 5) is 11.9. The molecule has 2 amide bonds. The van der Waals surface area contributed by atoms with Crippen molar-refractivity contribution in [1.29, 1.82) is 0 Å². The van der Waals surface area contributed by atoms with Crippen molar-refractivity contribution in [3.05, 3.63) is 52.5 Å². The molecule has 0 radical (unpaired) electrons. The van der Waals surface area contributed by atoms with Crippen LogP contribution in [0.2, 0.25) is 0 Å². The third-order valence-electron chi connectivity index (χ3n) is 3.21. The van der Waals surface area contributed by atoms with Gasteiger partial charge in [-0.2, -0.15) is 0 Å². The summed E-state index contributed by atoms with van der Waals surface area (Å²) in [5, 5.41) is 5.58. The van der Waals surface area contributed by atoms with Crippen molar-refractivity contribution in [2.45, 2.75) is 13.8 Å². The molecule has 0 saturated carbocycles. The number of rotatable bonds is 7. The zero-order chi connectivity index (χ0) is 17.4. The molecule has 24 heavy (non-hydrogen) atoms. The molecule has 0 aliphatic carbocycles. The minimum Gasteiger partial charge on any atom is -0.494 e. The number of nitrogens with one attached hydrogen (secondary N) is 2. The van der Waals surface area contributed by atoms with E-state index in [0.29, 0.717) is 25.5 Å². The summed E-state index contributed by atoms with van der Waals surface area (Å²) < 4.78 is 12.0. The number of carbonyl (C=O) groups excluding carboxylic acids is 1. The molecule has 2 aromatic rings. The Hall–Kier alpha value is -2.21. The van der Waals surface area contributed by atoms with E-state index in [2.05, 4.69) is 26.6 Å². The van der Waals surface area contributed by atoms with Gasteiger partial charge in [-0.15, -0.1) is 0 Å². The minimum absolute atomic E-state index is 0.257. The summed E-state index contributed by atoms with van der Waals surface area (Å²) in [5.41, 5.74) is 1.77. The highest BCUT2D eigenvalue weighted by molar-refractivity contribution is 9.10. The van der Waals surface area contributed by atoms with E-state index in [9.17, 15) is 4.79 Å². The summed E-state index contributed by atoms with van der Waals surface area (Å²) in [6, 6.07) is 12.9. The highest BCUT2D eigenvalue weighted by Crippen LogP contribution is 2.20. The lowest BCUT2D eigenvalue weighted by Gasteiger charge is -2.11. The third kappa shape index (κ3) is 5.77. The van der Waals surface area contributed by atoms with E-state index in [4.69, 9.17) is 9.47 Å². The molecule has 0 aliphatic rings. The highest BCUT2D eigenvalue weighted by Gasteiger charge is 2.04. The molecule has 2 N–H and O–H groups in total. The molecule has 0 bridgehead atoms. The molecule has 128 valence electrons. The molecule has 0 saturated heterocycles. The molecule has 2 aromatic carbocycles. The van der Waals surface area contributed by atoms with Crippen molar-refractivity contribution in [3.63, 3.8) is 0 Å². The number of halogens is 1. The topological polar surface area (TPSA) is 59.6 Å². The van der Waals surface area contributed by atoms with Gasteiger partial charge in [-0.3, -0.25) is 0 Å². The molecule has 0 fully saturated rings. The van der Waals surface area contributed by atoms with Gasteiger partial charge in [-0.1, -0.05) is 22.0 Å². The summed E-state index contributed by atoms with van der Waals surface area (Å²) in [6.07, 6.45) is 0. The normalized spacial score (nSPS) is 10.1. The van der Waals surface area contributed by atoms with E-state index in [-0.39, 0.29) is 6.03 Å². The van der Waals surface area contributed by atoms with Crippen LogP contribution in [0, 0.1) is 6.92 Å². The summed E-state index contributed by atoms with van der Waals surface area (Å²) in [7, 11) is 0. The van der Waals surface area contributed by atoms with Crippen LogP contribution in [0.4, 0.5) is 10.5 Å². The predicted molar refractivity (Wildman–Crippen MR) is 99.0 cm³/mol. The van der Waals surface area contributed by atoms with Gasteiger partial charge in [-0.05, 0) is 49.7 Å². The van der Waals surface area contributed by atoms with Crippen molar-refractivity contribution >= 4 is 27.6 Å². The fourth-order valence-corrected chi connectivity index (χ4v) is 2.56. The zero-order valence-corrected chi connectivity index (χ0v) is 15.4. The van der Waals surface area contributed by atoms with Crippen LogP contribution >= 0.6 is 15.9 Å². The molecular weight excluding hydrogens is 372 g/mol. The number of anilines is 1. The highest BCUT2D eigenvalue weighted by atomic mass is 79.9. The monoisotopic (exact) mass is 392 g/mol. The van der Waals surface area contributed by atoms with Crippen LogP contribution < -0.4 is 20.1 Å². The standard InChI is InChI=1S/C18H21BrN2O3/c1-3-23-15-5-4-6-16(12-15)24-10-9-20-18(22)21-17-8-7-14(19)11-13(17)2/h4-8,11-12H,3,9-10H2,1-2H3,(H2,20,21,22). The zero-order valence-electron chi connectivity index (χ0n) is 13.8. The second kappa shape index (κ2) is 9.17. The summed E-state index contributed by atoms with van der Waals surface area (Å²) >= 11 is 3.40. The van der Waals surface area contributed by atoms with Crippen molar-refractivity contribution in [2.24, 2.45) is 0 Å². The first-order valence-electron chi connectivity index (χ1n) is 7.75.